The van der Waals surface area contributed by atoms with Crippen LogP contribution in [0.15, 0.2) is 33.7 Å². The molecule has 28 heavy (non-hydrogen) atoms. The van der Waals surface area contributed by atoms with Gasteiger partial charge in [0.05, 0.1) is 17.1 Å². The van der Waals surface area contributed by atoms with Gasteiger partial charge >= 0.3 is 0 Å². The third-order valence-electron chi connectivity index (χ3n) is 4.29. The molecule has 150 valence electrons. The van der Waals surface area contributed by atoms with E-state index in [1.54, 1.807) is 0 Å². The third-order valence-corrected chi connectivity index (χ3v) is 6.07. The number of aryl methyl sites for hydroxylation is 3. The van der Waals surface area contributed by atoms with Gasteiger partial charge < -0.3 is 14.8 Å². The average Bonchev–Trinajstić information content (AvgIpc) is 3.20. The van der Waals surface area contributed by atoms with Gasteiger partial charge in [0.2, 0.25) is 15.9 Å². The monoisotopic (exact) mass is 405 g/mol. The lowest BCUT2D eigenvalue weighted by Crippen LogP contribution is -2.45. The molecule has 0 aliphatic rings. The highest BCUT2D eigenvalue weighted by atomic mass is 32.2. The Morgan fingerprint density at radius 1 is 1.29 bits per heavy atom. The highest BCUT2D eigenvalue weighted by molar-refractivity contribution is 7.89. The van der Waals surface area contributed by atoms with E-state index in [0.29, 0.717) is 19.4 Å². The lowest BCUT2D eigenvalue weighted by molar-refractivity contribution is -0.122. The van der Waals surface area contributed by atoms with Gasteiger partial charge in [-0.25, -0.2) is 13.4 Å². The summed E-state index contributed by atoms with van der Waals surface area (Å²) in [6.45, 7) is 4.95. The minimum absolute atomic E-state index is 0.0305. The molecule has 1 atom stereocenters. The lowest BCUT2D eigenvalue weighted by Gasteiger charge is -2.14. The summed E-state index contributed by atoms with van der Waals surface area (Å²) < 4.78 is 32.1. The smallest absolute Gasteiger partial charge is 0.246 e. The Bertz CT molecular complexity index is 1030. The standard InChI is InChI=1S/C18H23N5O4S/c1-11-17(13(3)27-22-11)28(25,26)23-12(2)18(24)19-10-6-9-16-20-14-7-4-5-8-15(14)21-16/h4-5,7-8,12,23H,6,9-10H2,1-3H3,(H,19,24)(H,20,21)/t12-/m0/s1. The maximum Gasteiger partial charge on any atom is 0.246 e. The molecule has 3 aromatic rings. The van der Waals surface area contributed by atoms with Crippen LogP contribution < -0.4 is 10.0 Å². The molecule has 0 radical (unpaired) electrons. The molecule has 0 fully saturated rings. The Morgan fingerprint density at radius 3 is 2.71 bits per heavy atom. The molecule has 0 saturated heterocycles. The number of nitrogens with one attached hydrogen (secondary N) is 3. The maximum atomic E-state index is 12.4. The molecule has 1 aromatic carbocycles. The molecule has 1 amide bonds. The van der Waals surface area contributed by atoms with Gasteiger partial charge in [-0.1, -0.05) is 17.3 Å². The first kappa shape index (κ1) is 20.0. The molecule has 0 aliphatic carbocycles. The number of aromatic nitrogens is 3. The number of benzene rings is 1. The minimum Gasteiger partial charge on any atom is -0.360 e. The second-order valence-corrected chi connectivity index (χ2v) is 8.24. The van der Waals surface area contributed by atoms with E-state index in [9.17, 15) is 13.2 Å². The number of imidazole rings is 1. The first-order valence-electron chi connectivity index (χ1n) is 8.94. The fourth-order valence-electron chi connectivity index (χ4n) is 2.95. The van der Waals surface area contributed by atoms with E-state index in [-0.39, 0.29) is 16.3 Å². The summed E-state index contributed by atoms with van der Waals surface area (Å²) in [4.78, 5) is 19.9. The van der Waals surface area contributed by atoms with Crippen LogP contribution in [0.2, 0.25) is 0 Å². The van der Waals surface area contributed by atoms with Crippen molar-refractivity contribution in [3.8, 4) is 0 Å². The van der Waals surface area contributed by atoms with Gasteiger partial charge in [0, 0.05) is 13.0 Å². The number of hydrogen-bond donors (Lipinski definition) is 3. The quantitative estimate of drug-likeness (QED) is 0.488. The summed E-state index contributed by atoms with van der Waals surface area (Å²) in [6.07, 6.45) is 1.35. The van der Waals surface area contributed by atoms with Crippen molar-refractivity contribution < 1.29 is 17.7 Å². The number of carbonyl (C=O) groups excluding carboxylic acids is 1. The van der Waals surface area contributed by atoms with Crippen LogP contribution in [-0.2, 0) is 21.2 Å². The van der Waals surface area contributed by atoms with Crippen molar-refractivity contribution in [1.29, 1.82) is 0 Å². The fraction of sp³-hybridized carbons (Fsp3) is 0.389. The zero-order valence-corrected chi connectivity index (χ0v) is 16.8. The van der Waals surface area contributed by atoms with Crippen molar-refractivity contribution in [2.45, 2.75) is 44.6 Å². The Kier molecular flexibility index (Phi) is 5.80. The number of para-hydroxylation sites is 2. The number of sulfonamides is 1. The van der Waals surface area contributed by atoms with Gasteiger partial charge in [-0.2, -0.15) is 4.72 Å². The van der Waals surface area contributed by atoms with Crippen LogP contribution in [0.3, 0.4) is 0 Å². The average molecular weight is 405 g/mol. The van der Waals surface area contributed by atoms with Crippen LogP contribution in [0, 0.1) is 13.8 Å². The Morgan fingerprint density at radius 2 is 2.04 bits per heavy atom. The van der Waals surface area contributed by atoms with Crippen LogP contribution in [0.5, 0.6) is 0 Å². The van der Waals surface area contributed by atoms with E-state index in [1.807, 2.05) is 24.3 Å². The summed E-state index contributed by atoms with van der Waals surface area (Å²) in [5.41, 5.74) is 2.14. The summed E-state index contributed by atoms with van der Waals surface area (Å²) in [5, 5.41) is 6.37. The molecular formula is C18H23N5O4S. The molecule has 0 aliphatic heterocycles. The van der Waals surface area contributed by atoms with Gasteiger partial charge in [0.1, 0.15) is 16.4 Å². The number of amides is 1. The number of rotatable bonds is 8. The van der Waals surface area contributed by atoms with Gasteiger partial charge in [0.25, 0.3) is 0 Å². The van der Waals surface area contributed by atoms with Crippen LogP contribution in [0.25, 0.3) is 11.0 Å². The number of H-pyrrole nitrogens is 1. The highest BCUT2D eigenvalue weighted by Gasteiger charge is 2.27. The summed E-state index contributed by atoms with van der Waals surface area (Å²) in [5.74, 6) is 0.631. The molecule has 9 nitrogen and oxygen atoms in total. The van der Waals surface area contributed by atoms with E-state index in [1.165, 1.54) is 20.8 Å². The van der Waals surface area contributed by atoms with Gasteiger partial charge in [-0.3, -0.25) is 4.79 Å². The topological polar surface area (TPSA) is 130 Å². The molecule has 0 spiro atoms. The van der Waals surface area contributed by atoms with Crippen LogP contribution in [-0.4, -0.2) is 42.0 Å². The molecule has 2 heterocycles. The second-order valence-electron chi connectivity index (χ2n) is 6.59. The van der Waals surface area contributed by atoms with Crippen molar-refractivity contribution in [2.75, 3.05) is 6.54 Å². The zero-order valence-electron chi connectivity index (χ0n) is 15.9. The van der Waals surface area contributed by atoms with Gasteiger partial charge in [-0.15, -0.1) is 0 Å². The number of hydrogen-bond acceptors (Lipinski definition) is 6. The predicted octanol–water partition coefficient (Wildman–Crippen LogP) is 1.58. The fourth-order valence-corrected chi connectivity index (χ4v) is 4.48. The third kappa shape index (κ3) is 4.39. The van der Waals surface area contributed by atoms with E-state index in [0.717, 1.165) is 16.9 Å². The van der Waals surface area contributed by atoms with Gasteiger partial charge in [0.15, 0.2) is 5.76 Å². The molecule has 3 N–H and O–H groups in total. The number of carbonyl (C=O) groups is 1. The zero-order chi connectivity index (χ0) is 20.3. The van der Waals surface area contributed by atoms with E-state index < -0.39 is 22.0 Å². The van der Waals surface area contributed by atoms with Crippen LogP contribution >= 0.6 is 0 Å². The lowest BCUT2D eigenvalue weighted by atomic mass is 10.3. The van der Waals surface area contributed by atoms with Crippen LogP contribution in [0.4, 0.5) is 0 Å². The summed E-state index contributed by atoms with van der Waals surface area (Å²) in [6, 6.07) is 6.84. The largest absolute Gasteiger partial charge is 0.360 e. The van der Waals surface area contributed by atoms with Crippen molar-refractivity contribution in [2.24, 2.45) is 0 Å². The van der Waals surface area contributed by atoms with Crippen molar-refractivity contribution >= 4 is 27.0 Å². The van der Waals surface area contributed by atoms with Crippen LogP contribution in [0.1, 0.15) is 30.6 Å². The molecule has 3 rings (SSSR count). The predicted molar refractivity (Wildman–Crippen MR) is 103 cm³/mol. The van der Waals surface area contributed by atoms with Crippen molar-refractivity contribution in [3.63, 3.8) is 0 Å². The highest BCUT2D eigenvalue weighted by Crippen LogP contribution is 2.18. The Labute approximate surface area is 163 Å². The molecule has 0 saturated carbocycles. The SMILES string of the molecule is Cc1noc(C)c1S(=O)(=O)N[C@@H](C)C(=O)NCCCc1nc2ccccc2[nH]1. The number of fused-ring (bicyclic) bond motifs is 1. The molecule has 2 aromatic heterocycles. The molecule has 0 bridgehead atoms. The van der Waals surface area contributed by atoms with Crippen molar-refractivity contribution in [3.05, 3.63) is 41.5 Å². The van der Waals surface area contributed by atoms with E-state index in [2.05, 4.69) is 25.2 Å². The second kappa shape index (κ2) is 8.11. The molecule has 10 heteroatoms. The maximum absolute atomic E-state index is 12.4. The van der Waals surface area contributed by atoms with Crippen molar-refractivity contribution in [1.82, 2.24) is 25.2 Å². The van der Waals surface area contributed by atoms with E-state index >= 15 is 0 Å². The van der Waals surface area contributed by atoms with E-state index in [4.69, 9.17) is 4.52 Å². The first-order chi connectivity index (χ1) is 13.3. The van der Waals surface area contributed by atoms with Gasteiger partial charge in [-0.05, 0) is 39.3 Å². The summed E-state index contributed by atoms with van der Waals surface area (Å²) in [7, 11) is -3.89. The Balaban J connectivity index is 1.49. The first-order valence-corrected chi connectivity index (χ1v) is 10.4. The number of nitrogens with zero attached hydrogens (tertiary/aromatic N) is 2. The summed E-state index contributed by atoms with van der Waals surface area (Å²) >= 11 is 0. The normalized spacial score (nSPS) is 13.0. The minimum atomic E-state index is -3.89. The molecule has 0 unspecified atom stereocenters. The number of aromatic amines is 1. The molecular weight excluding hydrogens is 382 g/mol. The Hall–Kier alpha value is -2.72.